The number of rotatable bonds is 2. The van der Waals surface area contributed by atoms with Crippen LogP contribution in [-0.4, -0.2) is 38.2 Å². The van der Waals surface area contributed by atoms with Gasteiger partial charge in [-0.2, -0.15) is 4.99 Å². The molecule has 1 fully saturated rings. The molecule has 6 nitrogen and oxygen atoms in total. The Hall–Kier alpha value is -2.06. The fourth-order valence-electron chi connectivity index (χ4n) is 1.68. The summed E-state index contributed by atoms with van der Waals surface area (Å²) in [5, 5.41) is 9.88. The van der Waals surface area contributed by atoms with Crippen LogP contribution in [0.3, 0.4) is 0 Å². The van der Waals surface area contributed by atoms with Crippen molar-refractivity contribution in [2.45, 2.75) is 6.92 Å². The van der Waals surface area contributed by atoms with E-state index in [-0.39, 0.29) is 5.91 Å². The minimum absolute atomic E-state index is 0.0724. The molecule has 0 bridgehead atoms. The van der Waals surface area contributed by atoms with Gasteiger partial charge in [-0.05, 0) is 42.5 Å². The minimum Gasteiger partial charge on any atom is -0.289 e. The van der Waals surface area contributed by atoms with Crippen LogP contribution in [-0.2, 0) is 4.79 Å². The number of carbonyl (C=O) groups excluding carboxylic acids is 1. The van der Waals surface area contributed by atoms with Gasteiger partial charge in [0.05, 0.1) is 4.91 Å². The highest BCUT2D eigenvalue weighted by Gasteiger charge is 2.30. The highest BCUT2D eigenvalue weighted by Crippen LogP contribution is 2.33. The van der Waals surface area contributed by atoms with Crippen LogP contribution in [0.4, 0.5) is 5.13 Å². The molecular formula is C13H11N5OS2. The summed E-state index contributed by atoms with van der Waals surface area (Å²) in [5.41, 5.74) is 0.933. The van der Waals surface area contributed by atoms with E-state index in [0.29, 0.717) is 15.2 Å². The van der Waals surface area contributed by atoms with Gasteiger partial charge in [-0.1, -0.05) is 11.3 Å². The van der Waals surface area contributed by atoms with E-state index in [1.165, 1.54) is 28.0 Å². The summed E-state index contributed by atoms with van der Waals surface area (Å²) < 4.78 is 0. The Morgan fingerprint density at radius 2 is 2.05 bits per heavy atom. The molecule has 1 aliphatic rings. The van der Waals surface area contributed by atoms with Crippen molar-refractivity contribution < 1.29 is 4.79 Å². The lowest BCUT2D eigenvalue weighted by Gasteiger charge is -2.05. The van der Waals surface area contributed by atoms with E-state index in [1.54, 1.807) is 19.4 Å². The monoisotopic (exact) mass is 317 g/mol. The van der Waals surface area contributed by atoms with E-state index < -0.39 is 0 Å². The van der Waals surface area contributed by atoms with Crippen molar-refractivity contribution in [2.24, 2.45) is 4.99 Å². The average Bonchev–Trinajstić information content (AvgIpc) is 3.00. The molecule has 2 aromatic rings. The number of aryl methyl sites for hydroxylation is 1. The molecule has 0 aromatic carbocycles. The van der Waals surface area contributed by atoms with Gasteiger partial charge in [0, 0.05) is 19.4 Å². The zero-order valence-corrected chi connectivity index (χ0v) is 13.0. The summed E-state index contributed by atoms with van der Waals surface area (Å²) in [6, 6.07) is 3.70. The molecule has 0 atom stereocenters. The molecule has 1 amide bonds. The molecule has 3 heterocycles. The minimum atomic E-state index is -0.0724. The van der Waals surface area contributed by atoms with Gasteiger partial charge in [-0.15, -0.1) is 10.2 Å². The van der Waals surface area contributed by atoms with Crippen LogP contribution in [0.2, 0.25) is 0 Å². The number of nitrogens with zero attached hydrogens (tertiary/aromatic N) is 5. The van der Waals surface area contributed by atoms with Gasteiger partial charge < -0.3 is 0 Å². The van der Waals surface area contributed by atoms with Crippen molar-refractivity contribution in [1.82, 2.24) is 20.1 Å². The van der Waals surface area contributed by atoms with E-state index in [0.717, 1.165) is 10.6 Å². The molecule has 0 unspecified atom stereocenters. The quantitative estimate of drug-likeness (QED) is 0.796. The van der Waals surface area contributed by atoms with E-state index >= 15 is 0 Å². The lowest BCUT2D eigenvalue weighted by atomic mass is 10.2. The molecule has 3 rings (SSSR count). The highest BCUT2D eigenvalue weighted by atomic mass is 32.2. The van der Waals surface area contributed by atoms with E-state index in [9.17, 15) is 4.79 Å². The number of hydrogen-bond donors (Lipinski definition) is 0. The van der Waals surface area contributed by atoms with Crippen LogP contribution in [0.25, 0.3) is 6.08 Å². The Labute approximate surface area is 129 Å². The van der Waals surface area contributed by atoms with Crippen molar-refractivity contribution in [3.8, 4) is 0 Å². The van der Waals surface area contributed by atoms with Crippen LogP contribution in [0.15, 0.2) is 34.4 Å². The number of pyridine rings is 1. The molecule has 0 saturated carbocycles. The lowest BCUT2D eigenvalue weighted by Crippen LogP contribution is -2.23. The summed E-state index contributed by atoms with van der Waals surface area (Å²) >= 11 is 2.73. The highest BCUT2D eigenvalue weighted by molar-refractivity contribution is 8.18. The molecule has 0 radical (unpaired) electrons. The van der Waals surface area contributed by atoms with Crippen LogP contribution in [0, 0.1) is 6.92 Å². The summed E-state index contributed by atoms with van der Waals surface area (Å²) in [5.74, 6) is -0.0724. The molecule has 0 N–H and O–H groups in total. The maximum atomic E-state index is 12.2. The van der Waals surface area contributed by atoms with Crippen LogP contribution in [0.1, 0.15) is 10.6 Å². The summed E-state index contributed by atoms with van der Waals surface area (Å²) in [4.78, 5) is 22.7. The van der Waals surface area contributed by atoms with Crippen molar-refractivity contribution in [3.05, 3.63) is 40.0 Å². The number of aliphatic imine (C=N–C) groups is 1. The molecule has 2 aromatic heterocycles. The third-order valence-corrected chi connectivity index (χ3v) is 4.51. The molecule has 1 aliphatic heterocycles. The van der Waals surface area contributed by atoms with Gasteiger partial charge in [0.1, 0.15) is 5.01 Å². The average molecular weight is 317 g/mol. The predicted octanol–water partition coefficient (Wildman–Crippen LogP) is 2.48. The number of amidine groups is 1. The SMILES string of the molecule is Cc1nnc(/N=C2/S/C(=C\c3ccncc3)C(=O)N2C)s1. The summed E-state index contributed by atoms with van der Waals surface area (Å²) in [6.07, 6.45) is 5.22. The van der Waals surface area contributed by atoms with Gasteiger partial charge in [0.2, 0.25) is 5.13 Å². The topological polar surface area (TPSA) is 71.3 Å². The molecule has 0 aliphatic carbocycles. The fraction of sp³-hybridized carbons (Fsp3) is 0.154. The first-order chi connectivity index (χ1) is 10.1. The second kappa shape index (κ2) is 5.74. The van der Waals surface area contributed by atoms with Crippen molar-refractivity contribution >= 4 is 45.4 Å². The predicted molar refractivity (Wildman–Crippen MR) is 84.3 cm³/mol. The van der Waals surface area contributed by atoms with E-state index in [4.69, 9.17) is 0 Å². The van der Waals surface area contributed by atoms with Crippen LogP contribution in [0.5, 0.6) is 0 Å². The number of likely N-dealkylation sites (N-methyl/N-ethyl adjacent to an activating group) is 1. The Balaban J connectivity index is 1.89. The van der Waals surface area contributed by atoms with Crippen molar-refractivity contribution in [1.29, 1.82) is 0 Å². The Morgan fingerprint density at radius 1 is 1.29 bits per heavy atom. The fourth-order valence-corrected chi connectivity index (χ4v) is 3.26. The Kier molecular flexibility index (Phi) is 3.80. The second-order valence-electron chi connectivity index (χ2n) is 4.25. The first-order valence-corrected chi connectivity index (χ1v) is 7.73. The van der Waals surface area contributed by atoms with Crippen molar-refractivity contribution in [3.63, 3.8) is 0 Å². The zero-order chi connectivity index (χ0) is 14.8. The summed E-state index contributed by atoms with van der Waals surface area (Å²) in [7, 11) is 1.70. The van der Waals surface area contributed by atoms with Crippen LogP contribution >= 0.6 is 23.1 Å². The molecule has 1 saturated heterocycles. The molecule has 0 spiro atoms. The largest absolute Gasteiger partial charge is 0.289 e. The first kappa shape index (κ1) is 13.9. The van der Waals surface area contributed by atoms with E-state index in [1.807, 2.05) is 25.1 Å². The standard InChI is InChI=1S/C13H11N5OS2/c1-8-16-17-12(20-8)15-13-18(2)11(19)10(21-13)7-9-3-5-14-6-4-9/h3-7H,1-2H3/b10-7-,15-13+. The van der Waals surface area contributed by atoms with E-state index in [2.05, 4.69) is 20.2 Å². The number of hydrogen-bond acceptors (Lipinski definition) is 7. The Bertz CT molecular complexity index is 738. The molecular weight excluding hydrogens is 306 g/mol. The van der Waals surface area contributed by atoms with Gasteiger partial charge in [0.15, 0.2) is 5.17 Å². The molecule has 21 heavy (non-hydrogen) atoms. The maximum Gasteiger partial charge on any atom is 0.266 e. The lowest BCUT2D eigenvalue weighted by molar-refractivity contribution is -0.121. The maximum absolute atomic E-state index is 12.2. The third-order valence-electron chi connectivity index (χ3n) is 2.71. The van der Waals surface area contributed by atoms with Crippen LogP contribution < -0.4 is 0 Å². The molecule has 8 heteroatoms. The number of amides is 1. The van der Waals surface area contributed by atoms with Gasteiger partial charge >= 0.3 is 0 Å². The third kappa shape index (κ3) is 3.01. The summed E-state index contributed by atoms with van der Waals surface area (Å²) in [6.45, 7) is 1.87. The molecule has 106 valence electrons. The normalized spacial score (nSPS) is 19.0. The van der Waals surface area contributed by atoms with Gasteiger partial charge in [-0.3, -0.25) is 14.7 Å². The van der Waals surface area contributed by atoms with Gasteiger partial charge in [-0.25, -0.2) is 0 Å². The smallest absolute Gasteiger partial charge is 0.266 e. The Morgan fingerprint density at radius 3 is 2.71 bits per heavy atom. The van der Waals surface area contributed by atoms with Crippen molar-refractivity contribution in [2.75, 3.05) is 7.05 Å². The number of carbonyl (C=O) groups is 1. The number of thioether (sulfide) groups is 1. The number of aromatic nitrogens is 3. The zero-order valence-electron chi connectivity index (χ0n) is 11.3. The second-order valence-corrected chi connectivity index (χ2v) is 6.42. The first-order valence-electron chi connectivity index (χ1n) is 6.10. The van der Waals surface area contributed by atoms with Gasteiger partial charge in [0.25, 0.3) is 5.91 Å².